The van der Waals surface area contributed by atoms with Crippen molar-refractivity contribution in [3.05, 3.63) is 39.8 Å². The summed E-state index contributed by atoms with van der Waals surface area (Å²) in [7, 11) is -3.90. The van der Waals surface area contributed by atoms with Crippen LogP contribution in [0.5, 0.6) is 0 Å². The van der Waals surface area contributed by atoms with E-state index in [9.17, 15) is 13.2 Å². The number of hydrogen-bond acceptors (Lipinski definition) is 5. The molecule has 0 unspecified atom stereocenters. The Kier molecular flexibility index (Phi) is 4.97. The molecule has 2 aliphatic carbocycles. The van der Waals surface area contributed by atoms with Crippen LogP contribution in [0.3, 0.4) is 0 Å². The van der Waals surface area contributed by atoms with Crippen LogP contribution in [0.2, 0.25) is 0 Å². The number of sulfonamides is 1. The first-order chi connectivity index (χ1) is 13.3. The van der Waals surface area contributed by atoms with Gasteiger partial charge in [-0.15, -0.1) is 0 Å². The van der Waals surface area contributed by atoms with Crippen LogP contribution >= 0.6 is 0 Å². The zero-order valence-corrected chi connectivity index (χ0v) is 17.1. The molecule has 0 radical (unpaired) electrons. The first kappa shape index (κ1) is 19.4. The van der Waals surface area contributed by atoms with Crippen LogP contribution in [0.25, 0.3) is 0 Å². The van der Waals surface area contributed by atoms with Gasteiger partial charge < -0.3 is 5.32 Å². The number of hydrazine groups is 1. The molecule has 2 amide bonds. The quantitative estimate of drug-likeness (QED) is 0.668. The summed E-state index contributed by atoms with van der Waals surface area (Å²) in [4.78, 5) is 12.5. The van der Waals surface area contributed by atoms with Crippen molar-refractivity contribution >= 4 is 21.7 Å². The van der Waals surface area contributed by atoms with Gasteiger partial charge in [-0.3, -0.25) is 5.84 Å². The summed E-state index contributed by atoms with van der Waals surface area (Å²) in [6.45, 7) is 2.61. The molecule has 152 valence electrons. The fraction of sp³-hybridized carbons (Fsp3) is 0.550. The van der Waals surface area contributed by atoms with Crippen molar-refractivity contribution in [1.82, 2.24) is 9.73 Å². The number of aryl methyl sites for hydroxylation is 2. The standard InChI is InChI=1S/C20H28N4O3S/c1-20(9-4-11-24(20)21)10-12-28(26,27)23-19(25)22-18-16-7-2-5-14(16)13-15-6-3-8-17(15)18/h10,12-13H,2-9,11,21H2,1H3,(H2,22,23,25)/b12-10+/t20-/m0/s1. The molecule has 1 aromatic rings. The lowest BCUT2D eigenvalue weighted by Crippen LogP contribution is -2.44. The highest BCUT2D eigenvalue weighted by Gasteiger charge is 2.33. The maximum atomic E-state index is 12.5. The Hall–Kier alpha value is -1.90. The Labute approximate surface area is 166 Å². The summed E-state index contributed by atoms with van der Waals surface area (Å²) in [6.07, 6.45) is 9.30. The van der Waals surface area contributed by atoms with E-state index in [1.807, 2.05) is 6.92 Å². The van der Waals surface area contributed by atoms with Gasteiger partial charge in [0.2, 0.25) is 0 Å². The highest BCUT2D eigenvalue weighted by Crippen LogP contribution is 2.38. The van der Waals surface area contributed by atoms with Gasteiger partial charge in [0.25, 0.3) is 10.0 Å². The van der Waals surface area contributed by atoms with Crippen LogP contribution in [0, 0.1) is 0 Å². The second kappa shape index (κ2) is 7.17. The number of carbonyl (C=O) groups is 1. The number of nitrogens with zero attached hydrogens (tertiary/aromatic N) is 1. The SMILES string of the molecule is C[C@@]1(/C=C/S(=O)(=O)NC(=O)Nc2c3c(cc4c2CCC4)CCC3)CCCN1N. The van der Waals surface area contributed by atoms with E-state index in [1.54, 1.807) is 11.1 Å². The number of rotatable bonds is 4. The van der Waals surface area contributed by atoms with Crippen molar-refractivity contribution < 1.29 is 13.2 Å². The molecule has 0 aromatic heterocycles. The molecule has 1 atom stereocenters. The molecule has 0 saturated carbocycles. The Bertz CT molecular complexity index is 909. The van der Waals surface area contributed by atoms with Gasteiger partial charge in [0.15, 0.2) is 0 Å². The average Bonchev–Trinajstić information content (AvgIpc) is 3.34. The number of urea groups is 1. The van der Waals surface area contributed by atoms with Crippen LogP contribution in [-0.4, -0.2) is 31.5 Å². The van der Waals surface area contributed by atoms with E-state index in [1.165, 1.54) is 22.3 Å². The third-order valence-electron chi connectivity index (χ3n) is 6.29. The number of fused-ring (bicyclic) bond motifs is 2. The second-order valence-electron chi connectivity index (χ2n) is 8.29. The number of anilines is 1. The number of nitrogens with one attached hydrogen (secondary N) is 2. The number of nitrogens with two attached hydrogens (primary N) is 1. The van der Waals surface area contributed by atoms with E-state index in [2.05, 4.69) is 16.1 Å². The Morgan fingerprint density at radius 2 is 1.79 bits per heavy atom. The van der Waals surface area contributed by atoms with E-state index in [0.29, 0.717) is 0 Å². The van der Waals surface area contributed by atoms with Crippen LogP contribution < -0.4 is 15.9 Å². The molecule has 1 aliphatic heterocycles. The van der Waals surface area contributed by atoms with Crippen LogP contribution in [0.1, 0.15) is 54.9 Å². The summed E-state index contributed by atoms with van der Waals surface area (Å²) >= 11 is 0. The minimum atomic E-state index is -3.90. The molecular formula is C20H28N4O3S. The van der Waals surface area contributed by atoms with Crippen LogP contribution in [0.4, 0.5) is 10.5 Å². The highest BCUT2D eigenvalue weighted by atomic mass is 32.2. The fourth-order valence-corrected chi connectivity index (χ4v) is 5.54. The van der Waals surface area contributed by atoms with Crippen molar-refractivity contribution in [2.45, 2.75) is 63.8 Å². The van der Waals surface area contributed by atoms with Gasteiger partial charge in [-0.05, 0) is 80.5 Å². The van der Waals surface area contributed by atoms with Gasteiger partial charge in [0, 0.05) is 17.6 Å². The minimum Gasteiger partial charge on any atom is -0.307 e. The van der Waals surface area contributed by atoms with Gasteiger partial charge in [0.1, 0.15) is 0 Å². The van der Waals surface area contributed by atoms with Crippen LogP contribution in [-0.2, 0) is 35.7 Å². The maximum Gasteiger partial charge on any atom is 0.333 e. The molecule has 28 heavy (non-hydrogen) atoms. The predicted octanol–water partition coefficient (Wildman–Crippen LogP) is 2.36. The average molecular weight is 405 g/mol. The Morgan fingerprint density at radius 3 is 2.36 bits per heavy atom. The maximum absolute atomic E-state index is 12.5. The van der Waals surface area contributed by atoms with Gasteiger partial charge in [-0.25, -0.2) is 22.9 Å². The van der Waals surface area contributed by atoms with E-state index < -0.39 is 21.6 Å². The number of amides is 2. The topological polar surface area (TPSA) is 105 Å². The van der Waals surface area contributed by atoms with Crippen molar-refractivity contribution in [3.63, 3.8) is 0 Å². The third-order valence-corrected chi connectivity index (χ3v) is 7.26. The van der Waals surface area contributed by atoms with Gasteiger partial charge in [-0.1, -0.05) is 12.1 Å². The lowest BCUT2D eigenvalue weighted by atomic mass is 9.99. The molecule has 8 heteroatoms. The lowest BCUT2D eigenvalue weighted by Gasteiger charge is -2.27. The van der Waals surface area contributed by atoms with Crippen molar-refractivity contribution in [2.75, 3.05) is 11.9 Å². The molecule has 7 nitrogen and oxygen atoms in total. The van der Waals surface area contributed by atoms with Crippen molar-refractivity contribution in [1.29, 1.82) is 0 Å². The normalized spacial score (nSPS) is 24.5. The molecule has 1 saturated heterocycles. The summed E-state index contributed by atoms with van der Waals surface area (Å²) in [5, 5.41) is 5.53. The fourth-order valence-electron chi connectivity index (χ4n) is 4.69. The van der Waals surface area contributed by atoms with Gasteiger partial charge in [0.05, 0.1) is 5.54 Å². The van der Waals surface area contributed by atoms with Crippen molar-refractivity contribution in [2.24, 2.45) is 5.84 Å². The molecular weight excluding hydrogens is 376 g/mol. The minimum absolute atomic E-state index is 0.508. The molecule has 0 bridgehead atoms. The first-order valence-electron chi connectivity index (χ1n) is 9.99. The molecule has 1 fully saturated rings. The van der Waals surface area contributed by atoms with E-state index in [-0.39, 0.29) is 0 Å². The number of carbonyl (C=O) groups excluding carboxylic acids is 1. The van der Waals surface area contributed by atoms with E-state index in [0.717, 1.165) is 69.0 Å². The molecule has 4 rings (SSSR count). The summed E-state index contributed by atoms with van der Waals surface area (Å²) in [6, 6.07) is 1.56. The largest absolute Gasteiger partial charge is 0.333 e. The molecule has 3 aliphatic rings. The smallest absolute Gasteiger partial charge is 0.307 e. The Balaban J connectivity index is 1.50. The van der Waals surface area contributed by atoms with Crippen LogP contribution in [0.15, 0.2) is 17.6 Å². The molecule has 4 N–H and O–H groups in total. The molecule has 1 heterocycles. The van der Waals surface area contributed by atoms with E-state index in [4.69, 9.17) is 5.84 Å². The van der Waals surface area contributed by atoms with Gasteiger partial charge in [-0.2, -0.15) is 0 Å². The predicted molar refractivity (Wildman–Crippen MR) is 109 cm³/mol. The van der Waals surface area contributed by atoms with Crippen molar-refractivity contribution in [3.8, 4) is 0 Å². The highest BCUT2D eigenvalue weighted by molar-refractivity contribution is 7.92. The number of benzene rings is 1. The third kappa shape index (κ3) is 3.68. The summed E-state index contributed by atoms with van der Waals surface area (Å²) in [5.41, 5.74) is 5.23. The second-order valence-corrected chi connectivity index (χ2v) is 9.86. The lowest BCUT2D eigenvalue weighted by molar-refractivity contribution is 0.208. The summed E-state index contributed by atoms with van der Waals surface area (Å²) < 4.78 is 26.9. The number of hydrogen-bond donors (Lipinski definition) is 3. The molecule has 0 spiro atoms. The molecule has 1 aromatic carbocycles. The van der Waals surface area contributed by atoms with Gasteiger partial charge >= 0.3 is 6.03 Å². The zero-order chi connectivity index (χ0) is 19.9. The van der Waals surface area contributed by atoms with E-state index >= 15 is 0 Å². The summed E-state index contributed by atoms with van der Waals surface area (Å²) in [5.74, 6) is 5.94. The first-order valence-corrected chi connectivity index (χ1v) is 11.5. The zero-order valence-electron chi connectivity index (χ0n) is 16.3. The Morgan fingerprint density at radius 1 is 1.14 bits per heavy atom. The monoisotopic (exact) mass is 404 g/mol.